The molecule has 3 rings (SSSR count). The molecule has 0 fully saturated rings. The summed E-state index contributed by atoms with van der Waals surface area (Å²) in [4.78, 5) is 2.97. The second-order valence-electron chi connectivity index (χ2n) is 4.27. The van der Waals surface area contributed by atoms with E-state index in [1.54, 1.807) is 10.6 Å². The van der Waals surface area contributed by atoms with Crippen LogP contribution in [0.3, 0.4) is 0 Å². The fourth-order valence-electron chi connectivity index (χ4n) is 2.07. The predicted octanol–water partition coefficient (Wildman–Crippen LogP) is 6.14. The maximum absolute atomic E-state index is 13.8. The van der Waals surface area contributed by atoms with Gasteiger partial charge >= 0.3 is 0 Å². The van der Waals surface area contributed by atoms with E-state index in [-0.39, 0.29) is 5.02 Å². The molecule has 1 heterocycles. The van der Waals surface area contributed by atoms with Crippen LogP contribution in [0.5, 0.6) is 0 Å². The summed E-state index contributed by atoms with van der Waals surface area (Å²) < 4.78 is 29.8. The number of benzene rings is 2. The first-order valence-corrected chi connectivity index (χ1v) is 8.00. The molecular weight excluding hydrogens is 449 g/mol. The van der Waals surface area contributed by atoms with Crippen LogP contribution in [0.1, 0.15) is 0 Å². The summed E-state index contributed by atoms with van der Waals surface area (Å²) in [6.45, 7) is 0. The molecule has 0 bridgehead atoms. The van der Waals surface area contributed by atoms with Crippen LogP contribution >= 0.6 is 55.7 Å². The molecule has 1 aromatic heterocycles. The molecule has 0 aliphatic rings. The van der Waals surface area contributed by atoms with Gasteiger partial charge in [-0.1, -0.05) is 11.6 Å². The number of halogens is 5. The van der Waals surface area contributed by atoms with Crippen molar-refractivity contribution in [2.24, 2.45) is 0 Å². The number of hydrogen-bond donors (Lipinski definition) is 1. The van der Waals surface area contributed by atoms with Gasteiger partial charge < -0.3 is 4.98 Å². The van der Waals surface area contributed by atoms with Gasteiger partial charge in [0, 0.05) is 10.5 Å². The van der Waals surface area contributed by atoms with Gasteiger partial charge in [-0.3, -0.25) is 4.57 Å². The minimum atomic E-state index is -0.476. The Balaban J connectivity index is 2.44. The van der Waals surface area contributed by atoms with Gasteiger partial charge in [0.1, 0.15) is 11.6 Å². The van der Waals surface area contributed by atoms with Crippen molar-refractivity contribution in [3.8, 4) is 5.69 Å². The lowest BCUT2D eigenvalue weighted by Gasteiger charge is -2.10. The Morgan fingerprint density at radius 1 is 1.10 bits per heavy atom. The molecule has 0 radical (unpaired) electrons. The average Bonchev–Trinajstić information content (AvgIpc) is 2.66. The van der Waals surface area contributed by atoms with Crippen LogP contribution in [0.4, 0.5) is 8.78 Å². The van der Waals surface area contributed by atoms with E-state index >= 15 is 0 Å². The molecule has 1 N–H and O–H groups in total. The monoisotopic (exact) mass is 452 g/mol. The van der Waals surface area contributed by atoms with E-state index in [0.29, 0.717) is 30.4 Å². The van der Waals surface area contributed by atoms with Gasteiger partial charge in [0.05, 0.1) is 26.2 Å². The molecule has 0 atom stereocenters. The lowest BCUT2D eigenvalue weighted by molar-refractivity contribution is 0.622. The number of hydrogen-bond acceptors (Lipinski definition) is 1. The number of aromatic amines is 1. The van der Waals surface area contributed by atoms with Crippen LogP contribution in [0.2, 0.25) is 5.02 Å². The van der Waals surface area contributed by atoms with Crippen LogP contribution in [0.15, 0.2) is 33.2 Å². The Morgan fingerprint density at radius 3 is 2.48 bits per heavy atom. The van der Waals surface area contributed by atoms with Gasteiger partial charge in [0.2, 0.25) is 0 Å². The zero-order valence-corrected chi connectivity index (χ0v) is 14.8. The molecule has 0 spiro atoms. The first-order chi connectivity index (χ1) is 9.88. The third-order valence-electron chi connectivity index (χ3n) is 2.93. The Bertz CT molecular complexity index is 913. The molecule has 0 aliphatic heterocycles. The van der Waals surface area contributed by atoms with Gasteiger partial charge in [-0.05, 0) is 62.3 Å². The zero-order valence-electron chi connectivity index (χ0n) is 10.1. The van der Waals surface area contributed by atoms with Crippen molar-refractivity contribution in [3.05, 3.63) is 54.6 Å². The summed E-state index contributed by atoms with van der Waals surface area (Å²) in [5.74, 6) is -0.907. The van der Waals surface area contributed by atoms with Crippen molar-refractivity contribution < 1.29 is 8.78 Å². The maximum atomic E-state index is 13.8. The highest BCUT2D eigenvalue weighted by Gasteiger charge is 2.16. The van der Waals surface area contributed by atoms with Gasteiger partial charge in [-0.25, -0.2) is 8.78 Å². The molecule has 0 saturated heterocycles. The van der Waals surface area contributed by atoms with Crippen molar-refractivity contribution in [1.29, 1.82) is 0 Å². The van der Waals surface area contributed by atoms with Gasteiger partial charge in [0.15, 0.2) is 4.77 Å². The molecular formula is C13H5Br2ClF2N2S. The van der Waals surface area contributed by atoms with Crippen LogP contribution in [-0.2, 0) is 0 Å². The van der Waals surface area contributed by atoms with E-state index < -0.39 is 11.6 Å². The minimum Gasteiger partial charge on any atom is -0.330 e. The van der Waals surface area contributed by atoms with E-state index in [0.717, 1.165) is 0 Å². The molecule has 8 heteroatoms. The highest BCUT2D eigenvalue weighted by Crippen LogP contribution is 2.34. The molecule has 0 saturated carbocycles. The number of nitrogens with zero attached hydrogens (tertiary/aromatic N) is 1. The first kappa shape index (κ1) is 15.1. The summed E-state index contributed by atoms with van der Waals surface area (Å²) in [5, 5.41) is 0.169. The lowest BCUT2D eigenvalue weighted by atomic mass is 10.2. The number of aromatic nitrogens is 2. The SMILES string of the molecule is Fc1cc(Cl)c(-n2c(=S)[nH]c3cc(Br)c(F)cc32)c(Br)c1. The first-order valence-electron chi connectivity index (χ1n) is 5.63. The number of imidazole rings is 1. The van der Waals surface area contributed by atoms with Crippen LogP contribution < -0.4 is 0 Å². The summed E-state index contributed by atoms with van der Waals surface area (Å²) >= 11 is 17.8. The topological polar surface area (TPSA) is 20.7 Å². The smallest absolute Gasteiger partial charge is 0.182 e. The van der Waals surface area contributed by atoms with E-state index in [2.05, 4.69) is 36.8 Å². The Morgan fingerprint density at radius 2 is 1.81 bits per heavy atom. The third kappa shape index (κ3) is 2.56. The molecule has 0 aliphatic carbocycles. The summed E-state index contributed by atoms with van der Waals surface area (Å²) in [6.07, 6.45) is 0. The molecule has 108 valence electrons. The Kier molecular flexibility index (Phi) is 3.94. The standard InChI is InChI=1S/C13H5Br2ClF2N2S/c14-6-3-10-11(4-9(6)18)20(13(21)19-10)12-7(15)1-5(17)2-8(12)16/h1-4H,(H,19,21). The maximum Gasteiger partial charge on any atom is 0.182 e. The number of rotatable bonds is 1. The van der Waals surface area contributed by atoms with E-state index in [1.165, 1.54) is 18.2 Å². The second kappa shape index (κ2) is 5.46. The fraction of sp³-hybridized carbons (Fsp3) is 0. The third-order valence-corrected chi connectivity index (χ3v) is 4.71. The molecule has 3 aromatic rings. The van der Waals surface area contributed by atoms with Crippen molar-refractivity contribution in [3.63, 3.8) is 0 Å². The highest BCUT2D eigenvalue weighted by atomic mass is 79.9. The molecule has 0 amide bonds. The molecule has 2 aromatic carbocycles. The quantitative estimate of drug-likeness (QED) is 0.438. The highest BCUT2D eigenvalue weighted by molar-refractivity contribution is 9.10. The minimum absolute atomic E-state index is 0.169. The zero-order chi connectivity index (χ0) is 15.3. The fourth-order valence-corrected chi connectivity index (χ4v) is 3.73. The predicted molar refractivity (Wildman–Crippen MR) is 88.8 cm³/mol. The van der Waals surface area contributed by atoms with Crippen LogP contribution in [0, 0.1) is 16.4 Å². The normalized spacial score (nSPS) is 11.3. The van der Waals surface area contributed by atoms with E-state index in [1.807, 2.05) is 0 Å². The van der Waals surface area contributed by atoms with Crippen molar-refractivity contribution in [2.75, 3.05) is 0 Å². The Hall–Kier alpha value is -0.760. The second-order valence-corrected chi connectivity index (χ2v) is 6.77. The van der Waals surface area contributed by atoms with Gasteiger partial charge in [-0.15, -0.1) is 0 Å². The number of H-pyrrole nitrogens is 1. The van der Waals surface area contributed by atoms with Gasteiger partial charge in [-0.2, -0.15) is 0 Å². The molecule has 21 heavy (non-hydrogen) atoms. The van der Waals surface area contributed by atoms with Crippen LogP contribution in [-0.4, -0.2) is 9.55 Å². The van der Waals surface area contributed by atoms with Crippen molar-refractivity contribution in [1.82, 2.24) is 9.55 Å². The summed E-state index contributed by atoms with van der Waals surface area (Å²) in [7, 11) is 0. The summed E-state index contributed by atoms with van der Waals surface area (Å²) in [5.41, 5.74) is 1.60. The summed E-state index contributed by atoms with van der Waals surface area (Å²) in [6, 6.07) is 5.37. The lowest BCUT2D eigenvalue weighted by Crippen LogP contribution is -1.98. The van der Waals surface area contributed by atoms with Crippen molar-refractivity contribution in [2.45, 2.75) is 0 Å². The van der Waals surface area contributed by atoms with Crippen LogP contribution in [0.25, 0.3) is 16.7 Å². The largest absolute Gasteiger partial charge is 0.330 e. The molecule has 2 nitrogen and oxygen atoms in total. The Labute approximate surface area is 145 Å². The van der Waals surface area contributed by atoms with Gasteiger partial charge in [0.25, 0.3) is 0 Å². The van der Waals surface area contributed by atoms with E-state index in [9.17, 15) is 8.78 Å². The molecule has 0 unspecified atom stereocenters. The van der Waals surface area contributed by atoms with E-state index in [4.69, 9.17) is 23.8 Å². The number of fused-ring (bicyclic) bond motifs is 1. The van der Waals surface area contributed by atoms with Crippen molar-refractivity contribution >= 4 is 66.7 Å². The number of nitrogens with one attached hydrogen (secondary N) is 1. The average molecular weight is 455 g/mol.